The van der Waals surface area contributed by atoms with Gasteiger partial charge in [-0.1, -0.05) is 27.2 Å². The zero-order valence-electron chi connectivity index (χ0n) is 10.7. The average molecular weight is 243 g/mol. The molecule has 0 saturated carbocycles. The Balaban J connectivity index is 2.99. The van der Waals surface area contributed by atoms with Gasteiger partial charge < -0.3 is 9.84 Å². The summed E-state index contributed by atoms with van der Waals surface area (Å²) in [5, 5.41) is 9.50. The zero-order valence-corrected chi connectivity index (χ0v) is 10.7. The number of rotatable bonds is 6. The van der Waals surface area contributed by atoms with Crippen molar-refractivity contribution in [3.63, 3.8) is 0 Å². The molecular formula is C12H21NO4. The maximum Gasteiger partial charge on any atom is 0.410 e. The largest absolute Gasteiger partial charge is 0.479 e. The van der Waals surface area contributed by atoms with Crippen LogP contribution in [-0.2, 0) is 9.53 Å². The molecule has 5 heteroatoms. The van der Waals surface area contributed by atoms with E-state index >= 15 is 0 Å². The van der Waals surface area contributed by atoms with Gasteiger partial charge in [0, 0.05) is 0 Å². The van der Waals surface area contributed by atoms with Crippen molar-refractivity contribution in [1.29, 1.82) is 0 Å². The summed E-state index contributed by atoms with van der Waals surface area (Å²) in [5.41, 5.74) is -1.11. The molecule has 0 aromatic rings. The smallest absolute Gasteiger partial charge is 0.410 e. The van der Waals surface area contributed by atoms with E-state index in [1.807, 2.05) is 20.8 Å². The fourth-order valence-electron chi connectivity index (χ4n) is 2.30. The SMILES string of the molecule is CCC(C)CC(CC)(C(=O)O)N1CCOC1=O. The molecule has 1 amide bonds. The predicted molar refractivity (Wildman–Crippen MR) is 62.8 cm³/mol. The van der Waals surface area contributed by atoms with E-state index < -0.39 is 17.6 Å². The predicted octanol–water partition coefficient (Wildman–Crippen LogP) is 2.11. The minimum atomic E-state index is -1.11. The summed E-state index contributed by atoms with van der Waals surface area (Å²) in [6.45, 7) is 6.50. The van der Waals surface area contributed by atoms with E-state index in [1.165, 1.54) is 4.90 Å². The Morgan fingerprint density at radius 3 is 2.59 bits per heavy atom. The molecule has 5 nitrogen and oxygen atoms in total. The first-order valence-electron chi connectivity index (χ1n) is 6.15. The quantitative estimate of drug-likeness (QED) is 0.775. The van der Waals surface area contributed by atoms with Crippen LogP contribution in [0.25, 0.3) is 0 Å². The first-order valence-corrected chi connectivity index (χ1v) is 6.15. The van der Waals surface area contributed by atoms with Gasteiger partial charge in [-0.15, -0.1) is 0 Å². The summed E-state index contributed by atoms with van der Waals surface area (Å²) in [7, 11) is 0. The van der Waals surface area contributed by atoms with Crippen molar-refractivity contribution in [2.75, 3.05) is 13.2 Å². The molecule has 1 N–H and O–H groups in total. The summed E-state index contributed by atoms with van der Waals surface area (Å²) >= 11 is 0. The van der Waals surface area contributed by atoms with E-state index in [0.717, 1.165) is 6.42 Å². The van der Waals surface area contributed by atoms with Crippen molar-refractivity contribution in [2.45, 2.75) is 45.6 Å². The molecule has 0 bridgehead atoms. The highest BCUT2D eigenvalue weighted by Gasteiger charge is 2.48. The number of carbonyl (C=O) groups is 2. The molecule has 1 rings (SSSR count). The van der Waals surface area contributed by atoms with Crippen LogP contribution in [0, 0.1) is 5.92 Å². The Morgan fingerprint density at radius 1 is 1.59 bits per heavy atom. The third-order valence-corrected chi connectivity index (χ3v) is 3.64. The summed E-state index contributed by atoms with van der Waals surface area (Å²) in [6, 6.07) is 0. The molecule has 1 saturated heterocycles. The first kappa shape index (κ1) is 13.8. The first-order chi connectivity index (χ1) is 7.97. The third-order valence-electron chi connectivity index (χ3n) is 3.64. The molecule has 1 heterocycles. The topological polar surface area (TPSA) is 66.8 Å². The van der Waals surface area contributed by atoms with Gasteiger partial charge in [-0.3, -0.25) is 4.90 Å². The number of carboxylic acid groups (broad SMARTS) is 1. The maximum atomic E-state index is 11.6. The number of nitrogens with zero attached hydrogens (tertiary/aromatic N) is 1. The minimum absolute atomic E-state index is 0.263. The standard InChI is InChI=1S/C12H21NO4/c1-4-9(3)8-12(5-2,10(14)15)13-6-7-17-11(13)16/h9H,4-8H2,1-3H3,(H,14,15). The molecule has 0 aromatic heterocycles. The van der Waals surface area contributed by atoms with Crippen LogP contribution >= 0.6 is 0 Å². The van der Waals surface area contributed by atoms with Crippen LogP contribution in [0.1, 0.15) is 40.0 Å². The molecule has 0 radical (unpaired) electrons. The lowest BCUT2D eigenvalue weighted by Gasteiger charge is -2.37. The fourth-order valence-corrected chi connectivity index (χ4v) is 2.30. The summed E-state index contributed by atoms with van der Waals surface area (Å²) in [5.74, 6) is -0.668. The fraction of sp³-hybridized carbons (Fsp3) is 0.833. The average Bonchev–Trinajstić information content (AvgIpc) is 2.72. The van der Waals surface area contributed by atoms with Gasteiger partial charge in [-0.2, -0.15) is 0 Å². The van der Waals surface area contributed by atoms with Crippen LogP contribution in [-0.4, -0.2) is 40.8 Å². The van der Waals surface area contributed by atoms with E-state index in [9.17, 15) is 14.7 Å². The Labute approximate surface area is 102 Å². The number of cyclic esters (lactones) is 1. The Hall–Kier alpha value is -1.26. The second-order valence-electron chi connectivity index (χ2n) is 4.67. The second-order valence-corrected chi connectivity index (χ2v) is 4.67. The monoisotopic (exact) mass is 243 g/mol. The lowest BCUT2D eigenvalue weighted by atomic mass is 9.83. The molecule has 0 aromatic carbocycles. The van der Waals surface area contributed by atoms with Crippen LogP contribution in [0.5, 0.6) is 0 Å². The van der Waals surface area contributed by atoms with E-state index in [4.69, 9.17) is 4.74 Å². The van der Waals surface area contributed by atoms with Crippen molar-refractivity contribution in [2.24, 2.45) is 5.92 Å². The number of carboxylic acids is 1. The molecule has 2 unspecified atom stereocenters. The van der Waals surface area contributed by atoms with Crippen molar-refractivity contribution in [3.8, 4) is 0 Å². The van der Waals surface area contributed by atoms with Crippen LogP contribution in [0.2, 0.25) is 0 Å². The van der Waals surface area contributed by atoms with E-state index in [1.54, 1.807) is 0 Å². The van der Waals surface area contributed by atoms with Gasteiger partial charge in [0.05, 0.1) is 6.54 Å². The summed E-state index contributed by atoms with van der Waals surface area (Å²) < 4.78 is 4.86. The van der Waals surface area contributed by atoms with Crippen LogP contribution in [0.4, 0.5) is 4.79 Å². The van der Waals surface area contributed by atoms with Crippen molar-refractivity contribution in [1.82, 2.24) is 4.90 Å². The molecule has 0 aliphatic carbocycles. The number of hydrogen-bond donors (Lipinski definition) is 1. The highest BCUT2D eigenvalue weighted by atomic mass is 16.6. The zero-order chi connectivity index (χ0) is 13.1. The van der Waals surface area contributed by atoms with Crippen molar-refractivity contribution in [3.05, 3.63) is 0 Å². The van der Waals surface area contributed by atoms with E-state index in [-0.39, 0.29) is 12.5 Å². The maximum absolute atomic E-state index is 11.6. The molecule has 1 aliphatic heterocycles. The van der Waals surface area contributed by atoms with Crippen LogP contribution < -0.4 is 0 Å². The van der Waals surface area contributed by atoms with Gasteiger partial charge in [-0.05, 0) is 18.8 Å². The van der Waals surface area contributed by atoms with Gasteiger partial charge in [0.25, 0.3) is 0 Å². The molecule has 1 fully saturated rings. The van der Waals surface area contributed by atoms with Gasteiger partial charge in [0.2, 0.25) is 0 Å². The highest BCUT2D eigenvalue weighted by Crippen LogP contribution is 2.32. The Morgan fingerprint density at radius 2 is 2.24 bits per heavy atom. The van der Waals surface area contributed by atoms with Gasteiger partial charge in [0.1, 0.15) is 12.1 Å². The van der Waals surface area contributed by atoms with Gasteiger partial charge in [-0.25, -0.2) is 9.59 Å². The van der Waals surface area contributed by atoms with Crippen molar-refractivity contribution < 1.29 is 19.4 Å². The number of ether oxygens (including phenoxy) is 1. The van der Waals surface area contributed by atoms with Gasteiger partial charge >= 0.3 is 12.1 Å². The summed E-state index contributed by atoms with van der Waals surface area (Å²) in [6.07, 6.45) is 1.28. The lowest BCUT2D eigenvalue weighted by Crippen LogP contribution is -2.55. The highest BCUT2D eigenvalue weighted by molar-refractivity contribution is 5.85. The second kappa shape index (κ2) is 5.38. The molecule has 98 valence electrons. The van der Waals surface area contributed by atoms with E-state index in [0.29, 0.717) is 19.4 Å². The Bertz CT molecular complexity index is 305. The number of aliphatic carboxylic acids is 1. The normalized spacial score (nSPS) is 20.9. The number of amides is 1. The van der Waals surface area contributed by atoms with Crippen LogP contribution in [0.3, 0.4) is 0 Å². The minimum Gasteiger partial charge on any atom is -0.479 e. The molecule has 1 aliphatic rings. The third kappa shape index (κ3) is 2.53. The lowest BCUT2D eigenvalue weighted by molar-refractivity contribution is -0.151. The number of hydrogen-bond acceptors (Lipinski definition) is 3. The molecule has 0 spiro atoms. The van der Waals surface area contributed by atoms with Gasteiger partial charge in [0.15, 0.2) is 0 Å². The number of carbonyl (C=O) groups excluding carboxylic acids is 1. The molecule has 17 heavy (non-hydrogen) atoms. The van der Waals surface area contributed by atoms with E-state index in [2.05, 4.69) is 0 Å². The van der Waals surface area contributed by atoms with Crippen molar-refractivity contribution >= 4 is 12.1 Å². The Kier molecular flexibility index (Phi) is 4.37. The molecular weight excluding hydrogens is 222 g/mol. The summed E-state index contributed by atoms with van der Waals surface area (Å²) in [4.78, 5) is 24.6. The van der Waals surface area contributed by atoms with Crippen LogP contribution in [0.15, 0.2) is 0 Å². The molecule has 2 atom stereocenters.